The minimum atomic E-state index is -0.197. The first kappa shape index (κ1) is 5.88. The van der Waals surface area contributed by atoms with Crippen LogP contribution < -0.4 is 0 Å². The SMILES string of the molecule is Cc1[o+]ccc(O)c1O. The van der Waals surface area contributed by atoms with E-state index in [1.165, 1.54) is 12.3 Å². The summed E-state index contributed by atoms with van der Waals surface area (Å²) in [4.78, 5) is 0. The topological polar surface area (TPSA) is 51.8 Å². The van der Waals surface area contributed by atoms with Gasteiger partial charge in [0.25, 0.3) is 5.75 Å². The lowest BCUT2D eigenvalue weighted by Crippen LogP contribution is -1.72. The Kier molecular flexibility index (Phi) is 1.26. The molecule has 0 aliphatic heterocycles. The fraction of sp³-hybridized carbons (Fsp3) is 0.167. The highest BCUT2D eigenvalue weighted by molar-refractivity contribution is 5.37. The van der Waals surface area contributed by atoms with Gasteiger partial charge in [0.1, 0.15) is 0 Å². The summed E-state index contributed by atoms with van der Waals surface area (Å²) < 4.78 is 4.73. The first-order valence-electron chi connectivity index (χ1n) is 2.51. The Bertz CT molecular complexity index is 199. The number of rotatable bonds is 0. The molecule has 9 heavy (non-hydrogen) atoms. The van der Waals surface area contributed by atoms with Gasteiger partial charge in [0.2, 0.25) is 0 Å². The summed E-state index contributed by atoms with van der Waals surface area (Å²) in [6, 6.07) is 1.28. The van der Waals surface area contributed by atoms with Crippen LogP contribution in [0.1, 0.15) is 5.76 Å². The predicted molar refractivity (Wildman–Crippen MR) is 31.2 cm³/mol. The second-order valence-corrected chi connectivity index (χ2v) is 1.71. The monoisotopic (exact) mass is 127 g/mol. The van der Waals surface area contributed by atoms with Crippen molar-refractivity contribution in [3.05, 3.63) is 18.1 Å². The summed E-state index contributed by atoms with van der Waals surface area (Å²) in [5, 5.41) is 17.7. The highest BCUT2D eigenvalue weighted by Gasteiger charge is 2.11. The summed E-state index contributed by atoms with van der Waals surface area (Å²) in [5.74, 6) is -0.0359. The Balaban J connectivity index is 3.25. The zero-order valence-corrected chi connectivity index (χ0v) is 4.96. The summed E-state index contributed by atoms with van der Waals surface area (Å²) in [7, 11) is 0. The molecule has 1 rings (SSSR count). The van der Waals surface area contributed by atoms with Crippen molar-refractivity contribution in [2.45, 2.75) is 6.92 Å². The second-order valence-electron chi connectivity index (χ2n) is 1.71. The van der Waals surface area contributed by atoms with Crippen LogP contribution in [0.15, 0.2) is 16.7 Å². The lowest BCUT2D eigenvalue weighted by atomic mass is 10.3. The van der Waals surface area contributed by atoms with E-state index in [1.807, 2.05) is 0 Å². The molecule has 0 aliphatic rings. The molecule has 0 fully saturated rings. The van der Waals surface area contributed by atoms with Crippen molar-refractivity contribution in [3.8, 4) is 11.5 Å². The largest absolute Gasteiger partial charge is 0.504 e. The van der Waals surface area contributed by atoms with Crippen molar-refractivity contribution in [3.63, 3.8) is 0 Å². The molecule has 48 valence electrons. The average molecular weight is 127 g/mol. The van der Waals surface area contributed by atoms with E-state index in [0.717, 1.165) is 0 Å². The molecule has 3 heteroatoms. The fourth-order valence-electron chi connectivity index (χ4n) is 0.516. The molecule has 0 bridgehead atoms. The van der Waals surface area contributed by atoms with Gasteiger partial charge in [-0.25, -0.2) is 4.42 Å². The molecule has 0 amide bonds. The van der Waals surface area contributed by atoms with Crippen LogP contribution in [0.4, 0.5) is 0 Å². The zero-order valence-electron chi connectivity index (χ0n) is 4.96. The van der Waals surface area contributed by atoms with Crippen LogP contribution in [-0.2, 0) is 0 Å². The Labute approximate surface area is 52.2 Å². The molecule has 0 aromatic carbocycles. The van der Waals surface area contributed by atoms with Crippen LogP contribution in [0.2, 0.25) is 0 Å². The van der Waals surface area contributed by atoms with Crippen LogP contribution in [0.25, 0.3) is 0 Å². The third-order valence-electron chi connectivity index (χ3n) is 1.05. The van der Waals surface area contributed by atoms with Crippen LogP contribution in [-0.4, -0.2) is 10.2 Å². The van der Waals surface area contributed by atoms with E-state index in [9.17, 15) is 0 Å². The maximum absolute atomic E-state index is 8.86. The number of hydrogen-bond acceptors (Lipinski definition) is 2. The van der Waals surface area contributed by atoms with E-state index in [-0.39, 0.29) is 11.5 Å². The Morgan fingerprint density at radius 1 is 1.44 bits per heavy atom. The normalized spacial score (nSPS) is 9.44. The van der Waals surface area contributed by atoms with Crippen molar-refractivity contribution < 1.29 is 14.6 Å². The third kappa shape index (κ3) is 0.937. The van der Waals surface area contributed by atoms with Gasteiger partial charge in [0.15, 0.2) is 5.75 Å². The van der Waals surface area contributed by atoms with E-state index < -0.39 is 0 Å². The molecular formula is C6H7O3+. The van der Waals surface area contributed by atoms with E-state index in [4.69, 9.17) is 14.6 Å². The van der Waals surface area contributed by atoms with Crippen molar-refractivity contribution >= 4 is 0 Å². The molecule has 2 N–H and O–H groups in total. The van der Waals surface area contributed by atoms with Gasteiger partial charge in [-0.1, -0.05) is 0 Å². The fourth-order valence-corrected chi connectivity index (χ4v) is 0.516. The van der Waals surface area contributed by atoms with Gasteiger partial charge in [-0.05, 0) is 0 Å². The highest BCUT2D eigenvalue weighted by atomic mass is 16.4. The van der Waals surface area contributed by atoms with Crippen LogP contribution in [0.3, 0.4) is 0 Å². The van der Waals surface area contributed by atoms with Gasteiger partial charge in [-0.2, -0.15) is 0 Å². The number of aryl methyl sites for hydroxylation is 1. The van der Waals surface area contributed by atoms with Crippen LogP contribution >= 0.6 is 0 Å². The van der Waals surface area contributed by atoms with Crippen molar-refractivity contribution in [1.82, 2.24) is 0 Å². The van der Waals surface area contributed by atoms with E-state index in [0.29, 0.717) is 5.76 Å². The molecular weight excluding hydrogens is 120 g/mol. The molecule has 3 nitrogen and oxygen atoms in total. The lowest BCUT2D eigenvalue weighted by Gasteiger charge is -1.88. The first-order chi connectivity index (χ1) is 4.22. The lowest BCUT2D eigenvalue weighted by molar-refractivity contribution is 0.367. The number of aromatic hydroxyl groups is 2. The Morgan fingerprint density at radius 3 is 2.56 bits per heavy atom. The molecule has 0 aliphatic carbocycles. The quantitative estimate of drug-likeness (QED) is 0.516. The maximum Gasteiger partial charge on any atom is 0.371 e. The van der Waals surface area contributed by atoms with Gasteiger partial charge in [0.05, 0.1) is 13.0 Å². The van der Waals surface area contributed by atoms with Gasteiger partial charge in [0, 0.05) is 0 Å². The summed E-state index contributed by atoms with van der Waals surface area (Å²) >= 11 is 0. The third-order valence-corrected chi connectivity index (χ3v) is 1.05. The minimum Gasteiger partial charge on any atom is -0.504 e. The maximum atomic E-state index is 8.86. The molecule has 0 unspecified atom stereocenters. The number of hydrogen-bond donors (Lipinski definition) is 2. The van der Waals surface area contributed by atoms with Crippen LogP contribution in [0.5, 0.6) is 11.5 Å². The average Bonchev–Trinajstić information content (AvgIpc) is 1.83. The molecule has 0 spiro atoms. The zero-order chi connectivity index (χ0) is 6.85. The molecule has 1 heterocycles. The van der Waals surface area contributed by atoms with Gasteiger partial charge in [-0.15, -0.1) is 0 Å². The summed E-state index contributed by atoms with van der Waals surface area (Å²) in [6.45, 7) is 1.56. The standard InChI is InChI=1S/C6H6O3/c1-4-6(8)5(7)2-3-9-4/h2-3H,1H3,(H-,7,8)/p+1. The van der Waals surface area contributed by atoms with E-state index in [1.54, 1.807) is 6.92 Å². The van der Waals surface area contributed by atoms with Gasteiger partial charge in [-0.3, -0.25) is 0 Å². The molecule has 0 saturated carbocycles. The van der Waals surface area contributed by atoms with Crippen molar-refractivity contribution in [1.29, 1.82) is 0 Å². The second kappa shape index (κ2) is 1.93. The summed E-state index contributed by atoms with van der Waals surface area (Å²) in [5.41, 5.74) is 0. The van der Waals surface area contributed by atoms with Crippen molar-refractivity contribution in [2.24, 2.45) is 0 Å². The Hall–Kier alpha value is -1.25. The van der Waals surface area contributed by atoms with Gasteiger partial charge >= 0.3 is 12.0 Å². The van der Waals surface area contributed by atoms with Gasteiger partial charge < -0.3 is 10.2 Å². The molecule has 0 atom stereocenters. The molecule has 0 saturated heterocycles. The van der Waals surface area contributed by atoms with Crippen LogP contribution in [0, 0.1) is 6.92 Å². The Morgan fingerprint density at radius 2 is 2.11 bits per heavy atom. The molecule has 0 radical (unpaired) electrons. The molecule has 1 aromatic rings. The minimum absolute atomic E-state index is 0.154. The smallest absolute Gasteiger partial charge is 0.371 e. The van der Waals surface area contributed by atoms with E-state index in [2.05, 4.69) is 0 Å². The summed E-state index contributed by atoms with van der Waals surface area (Å²) in [6.07, 6.45) is 1.31. The predicted octanol–water partition coefficient (Wildman–Crippen LogP) is 1.28. The molecule has 1 aromatic heterocycles. The van der Waals surface area contributed by atoms with E-state index >= 15 is 0 Å². The highest BCUT2D eigenvalue weighted by Crippen LogP contribution is 2.26. The van der Waals surface area contributed by atoms with Crippen molar-refractivity contribution in [2.75, 3.05) is 0 Å². The first-order valence-corrected chi connectivity index (χ1v) is 2.51.